The lowest BCUT2D eigenvalue weighted by atomic mass is 9.76. The minimum absolute atomic E-state index is 0.212. The minimum atomic E-state index is -0.588. The fourth-order valence-corrected chi connectivity index (χ4v) is 6.20. The number of allylic oxidation sites excluding steroid dienone is 8. The van der Waals surface area contributed by atoms with E-state index in [1.807, 2.05) is 0 Å². The Morgan fingerprint density at radius 3 is 2.39 bits per heavy atom. The van der Waals surface area contributed by atoms with Gasteiger partial charge in [-0.2, -0.15) is 0 Å². The van der Waals surface area contributed by atoms with Gasteiger partial charge < -0.3 is 4.90 Å². The van der Waals surface area contributed by atoms with Gasteiger partial charge in [0, 0.05) is 30.0 Å². The molecule has 0 N–H and O–H groups in total. The number of aryl methyl sites for hydroxylation is 1. The van der Waals surface area contributed by atoms with Crippen molar-refractivity contribution in [2.75, 3.05) is 6.54 Å². The molecule has 1 aliphatic heterocycles. The lowest BCUT2D eigenvalue weighted by Gasteiger charge is -2.30. The van der Waals surface area contributed by atoms with E-state index in [1.54, 1.807) is 18.1 Å². The van der Waals surface area contributed by atoms with Gasteiger partial charge >= 0.3 is 0 Å². The zero-order valence-corrected chi connectivity index (χ0v) is 27.2. The number of nitrogens with zero attached hydrogens (tertiary/aromatic N) is 2. The normalized spacial score (nSPS) is 18.2. The molecule has 0 atom stereocenters. The molecule has 0 bridgehead atoms. The van der Waals surface area contributed by atoms with Crippen LogP contribution in [0.2, 0.25) is 0 Å². The first-order valence-electron chi connectivity index (χ1n) is 16.7. The van der Waals surface area contributed by atoms with Gasteiger partial charge in [0.2, 0.25) is 0 Å². The van der Waals surface area contributed by atoms with Crippen LogP contribution in [0.15, 0.2) is 102 Å². The summed E-state index contributed by atoms with van der Waals surface area (Å²) in [6, 6.07) is 18.4. The van der Waals surface area contributed by atoms with Gasteiger partial charge in [0.05, 0.1) is 0 Å². The maximum atomic E-state index is 9.70. The Bertz CT molecular complexity index is 1430. The Labute approximate surface area is 265 Å². The lowest BCUT2D eigenvalue weighted by Crippen LogP contribution is -2.20. The number of nitroso groups, excluding NO2 is 1. The lowest BCUT2D eigenvalue weighted by molar-refractivity contribution is -0.117. The van der Waals surface area contributed by atoms with Crippen molar-refractivity contribution in [2.45, 2.75) is 97.8 Å². The third kappa shape index (κ3) is 8.65. The predicted molar refractivity (Wildman–Crippen MR) is 186 cm³/mol. The summed E-state index contributed by atoms with van der Waals surface area (Å²) in [5, 5.41) is 2.12. The van der Waals surface area contributed by atoms with Gasteiger partial charge in [0.25, 0.3) is 5.91 Å². The zero-order chi connectivity index (χ0) is 31.3. The molecule has 3 aliphatic rings. The summed E-state index contributed by atoms with van der Waals surface area (Å²) in [7, 11) is 0. The summed E-state index contributed by atoms with van der Waals surface area (Å²) in [6.45, 7) is 9.35. The Morgan fingerprint density at radius 2 is 1.77 bits per heavy atom. The third-order valence-corrected chi connectivity index (χ3v) is 9.27. The number of rotatable bonds is 11. The highest BCUT2D eigenvalue weighted by molar-refractivity contribution is 5.88. The van der Waals surface area contributed by atoms with Crippen molar-refractivity contribution in [3.63, 3.8) is 0 Å². The number of benzene rings is 2. The first kappa shape index (κ1) is 33.1. The molecule has 2 saturated carbocycles. The molecular formula is C40H50N2O2. The summed E-state index contributed by atoms with van der Waals surface area (Å²) in [5.74, 6) is 0.958. The molecule has 4 heteroatoms. The quantitative estimate of drug-likeness (QED) is 0.193. The predicted octanol–water partition coefficient (Wildman–Crippen LogP) is 10.9. The van der Waals surface area contributed by atoms with Crippen molar-refractivity contribution in [1.82, 2.24) is 4.90 Å². The van der Waals surface area contributed by atoms with Crippen LogP contribution in [0.4, 0.5) is 0 Å². The average molecular weight is 591 g/mol. The molecule has 2 aromatic carbocycles. The molecule has 0 saturated heterocycles. The Hall–Kier alpha value is -3.79. The molecule has 1 heterocycles. The van der Waals surface area contributed by atoms with Crippen LogP contribution in [-0.2, 0) is 11.2 Å². The van der Waals surface area contributed by atoms with Gasteiger partial charge in [-0.3, -0.25) is 4.79 Å². The van der Waals surface area contributed by atoms with Crippen molar-refractivity contribution in [1.29, 1.82) is 0 Å². The van der Waals surface area contributed by atoms with E-state index in [0.29, 0.717) is 0 Å². The first-order valence-corrected chi connectivity index (χ1v) is 16.7. The van der Waals surface area contributed by atoms with Gasteiger partial charge in [-0.25, -0.2) is 0 Å². The first-order chi connectivity index (χ1) is 21.5. The summed E-state index contributed by atoms with van der Waals surface area (Å²) in [4.78, 5) is 21.3. The van der Waals surface area contributed by atoms with E-state index < -0.39 is 5.91 Å². The molecule has 232 valence electrons. The summed E-state index contributed by atoms with van der Waals surface area (Å²) < 4.78 is 0. The van der Waals surface area contributed by atoms with Gasteiger partial charge in [0.1, 0.15) is 0 Å². The molecule has 1 amide bonds. The molecule has 2 fully saturated rings. The van der Waals surface area contributed by atoms with Gasteiger partial charge in [-0.15, -0.1) is 4.91 Å². The Morgan fingerprint density at radius 1 is 1.00 bits per heavy atom. The van der Waals surface area contributed by atoms with Gasteiger partial charge in [-0.05, 0) is 110 Å². The van der Waals surface area contributed by atoms with Crippen LogP contribution in [0, 0.1) is 10.8 Å². The minimum Gasteiger partial charge on any atom is -0.348 e. The third-order valence-electron chi connectivity index (χ3n) is 9.27. The van der Waals surface area contributed by atoms with Crippen LogP contribution < -0.4 is 0 Å². The SMILES string of the molecule is C/C=C\C(=C(/C)C1CCC1)c1ccccc1C1=CN(CCCc2cccc(C3CCC3)c2)/C(=C\CC)C=C1.CCC(=O)N=O. The highest BCUT2D eigenvalue weighted by Gasteiger charge is 2.23. The topological polar surface area (TPSA) is 49.7 Å². The fraction of sp³-hybridized carbons (Fsp3) is 0.425. The van der Waals surface area contributed by atoms with E-state index in [9.17, 15) is 4.79 Å². The van der Waals surface area contributed by atoms with Crippen molar-refractivity contribution in [3.05, 3.63) is 124 Å². The van der Waals surface area contributed by atoms with Crippen molar-refractivity contribution < 1.29 is 4.79 Å². The number of amides is 1. The summed E-state index contributed by atoms with van der Waals surface area (Å²) in [5.41, 5.74) is 11.3. The molecule has 4 nitrogen and oxygen atoms in total. The summed E-state index contributed by atoms with van der Waals surface area (Å²) in [6.07, 6.45) is 25.7. The van der Waals surface area contributed by atoms with Gasteiger partial charge in [-0.1, -0.05) is 105 Å². The number of hydrogen-bond acceptors (Lipinski definition) is 3. The maximum absolute atomic E-state index is 9.70. The van der Waals surface area contributed by atoms with Gasteiger partial charge in [0.15, 0.2) is 0 Å². The van der Waals surface area contributed by atoms with Crippen LogP contribution >= 0.6 is 0 Å². The zero-order valence-electron chi connectivity index (χ0n) is 27.2. The van der Waals surface area contributed by atoms with E-state index in [0.717, 1.165) is 37.6 Å². The molecule has 5 rings (SSSR count). The van der Waals surface area contributed by atoms with Crippen LogP contribution in [-0.4, -0.2) is 17.4 Å². The maximum Gasteiger partial charge on any atom is 0.286 e. The Kier molecular flexibility index (Phi) is 12.7. The second kappa shape index (κ2) is 16.9. The second-order valence-corrected chi connectivity index (χ2v) is 12.2. The van der Waals surface area contributed by atoms with E-state index in [2.05, 4.69) is 116 Å². The number of carbonyl (C=O) groups excluding carboxylic acids is 1. The summed E-state index contributed by atoms with van der Waals surface area (Å²) >= 11 is 0. The molecule has 0 radical (unpaired) electrons. The van der Waals surface area contributed by atoms with Crippen LogP contribution in [0.1, 0.15) is 114 Å². The average Bonchev–Trinajstić information content (AvgIpc) is 2.99. The Balaban J connectivity index is 0.000000670. The second-order valence-electron chi connectivity index (χ2n) is 12.2. The van der Waals surface area contributed by atoms with Crippen LogP contribution in [0.25, 0.3) is 11.1 Å². The largest absolute Gasteiger partial charge is 0.348 e. The molecule has 2 aliphatic carbocycles. The van der Waals surface area contributed by atoms with Crippen molar-refractivity contribution >= 4 is 17.1 Å². The van der Waals surface area contributed by atoms with Crippen molar-refractivity contribution in [2.24, 2.45) is 11.1 Å². The highest BCUT2D eigenvalue weighted by Crippen LogP contribution is 2.40. The van der Waals surface area contributed by atoms with Crippen LogP contribution in [0.5, 0.6) is 0 Å². The number of carbonyl (C=O) groups is 1. The fourth-order valence-electron chi connectivity index (χ4n) is 6.20. The molecule has 0 aromatic heterocycles. The monoisotopic (exact) mass is 590 g/mol. The standard InChI is InChI=1S/C37H45N.C3H5NO2/c1-4-12-34-24-23-33(27-38(34)25-11-15-29-14-8-20-32(26-29)31-18-10-19-31)36-21-6-7-22-37(36)35(13-5-2)28(3)30-16-9-17-30;1-2-3(5)4-6/h5-8,12-14,20-24,26-27,30-31H,4,9-11,15-19,25H2,1-3H3;2H2,1H3/b13-5-,34-12-,35-28-;. The molecular weight excluding hydrogens is 540 g/mol. The van der Waals surface area contributed by atoms with E-state index >= 15 is 0 Å². The molecule has 0 unspecified atom stereocenters. The van der Waals surface area contributed by atoms with E-state index in [1.165, 1.54) is 72.1 Å². The van der Waals surface area contributed by atoms with Crippen LogP contribution in [0.3, 0.4) is 0 Å². The number of hydrogen-bond donors (Lipinski definition) is 0. The highest BCUT2D eigenvalue weighted by atomic mass is 16.3. The van der Waals surface area contributed by atoms with Crippen molar-refractivity contribution in [3.8, 4) is 0 Å². The van der Waals surface area contributed by atoms with E-state index in [-0.39, 0.29) is 6.42 Å². The smallest absolute Gasteiger partial charge is 0.286 e. The molecule has 44 heavy (non-hydrogen) atoms. The van der Waals surface area contributed by atoms with E-state index in [4.69, 9.17) is 4.91 Å². The molecule has 0 spiro atoms. The molecule has 2 aromatic rings.